The molecule has 38 heavy (non-hydrogen) atoms. The van der Waals surface area contributed by atoms with Gasteiger partial charge in [0.05, 0.1) is 0 Å². The van der Waals surface area contributed by atoms with Crippen LogP contribution in [0.2, 0.25) is 0 Å². The molecular weight excluding hydrogens is 464 g/mol. The highest BCUT2D eigenvalue weighted by Crippen LogP contribution is 2.43. The molecule has 0 aliphatic carbocycles. The molecule has 0 saturated heterocycles. The summed E-state index contributed by atoms with van der Waals surface area (Å²) in [7, 11) is 0. The third kappa shape index (κ3) is 5.55. The van der Waals surface area contributed by atoms with Gasteiger partial charge in [0.2, 0.25) is 0 Å². The van der Waals surface area contributed by atoms with Crippen molar-refractivity contribution in [2.45, 2.75) is 65.6 Å². The minimum absolute atomic E-state index is 0.0347. The summed E-state index contributed by atoms with van der Waals surface area (Å²) in [6, 6.07) is 34.1. The third-order valence-corrected chi connectivity index (χ3v) is 7.13. The van der Waals surface area contributed by atoms with E-state index < -0.39 is 0 Å². The first-order valence-electron chi connectivity index (χ1n) is 13.5. The number of benzene rings is 5. The maximum Gasteiger partial charge on any atom is 0.131 e. The molecule has 194 valence electrons. The summed E-state index contributed by atoms with van der Waals surface area (Å²) >= 11 is 0. The smallest absolute Gasteiger partial charge is 0.131 e. The zero-order valence-electron chi connectivity index (χ0n) is 23.5. The molecule has 0 heterocycles. The molecule has 0 amide bonds. The molecule has 5 aromatic rings. The van der Waals surface area contributed by atoms with Gasteiger partial charge in [0.25, 0.3) is 0 Å². The van der Waals surface area contributed by atoms with Crippen molar-refractivity contribution in [3.63, 3.8) is 0 Å². The van der Waals surface area contributed by atoms with E-state index in [1.807, 2.05) is 24.3 Å². The van der Waals surface area contributed by atoms with E-state index in [1.54, 1.807) is 0 Å². The average molecular weight is 503 g/mol. The standard InChI is InChI=1S/C36H38O2/c1-35(2,3)29-19-27-17-18-28-20-30(37-23-25-13-9-7-10-14-25)22-32(38-24-26-15-11-8-12-16-26)34(28)33(27)31(21-29)36(4,5)6/h7-22H,23-24H2,1-6H3. The Hall–Kier alpha value is -3.78. The highest BCUT2D eigenvalue weighted by atomic mass is 16.5. The molecule has 0 radical (unpaired) electrons. The van der Waals surface area contributed by atoms with Crippen LogP contribution in [0.5, 0.6) is 11.5 Å². The maximum absolute atomic E-state index is 6.59. The van der Waals surface area contributed by atoms with Crippen LogP contribution in [0.25, 0.3) is 21.5 Å². The van der Waals surface area contributed by atoms with Crippen LogP contribution in [0.15, 0.2) is 97.1 Å². The second kappa shape index (κ2) is 10.2. The molecule has 0 atom stereocenters. The van der Waals surface area contributed by atoms with Gasteiger partial charge >= 0.3 is 0 Å². The van der Waals surface area contributed by atoms with Gasteiger partial charge in [-0.2, -0.15) is 0 Å². The van der Waals surface area contributed by atoms with Crippen LogP contribution < -0.4 is 9.47 Å². The number of rotatable bonds is 6. The van der Waals surface area contributed by atoms with Crippen LogP contribution >= 0.6 is 0 Å². The van der Waals surface area contributed by atoms with Gasteiger partial charge in [0, 0.05) is 11.5 Å². The molecule has 0 spiro atoms. The van der Waals surface area contributed by atoms with Crippen molar-refractivity contribution in [1.82, 2.24) is 0 Å². The van der Waals surface area contributed by atoms with Crippen molar-refractivity contribution in [3.05, 3.63) is 119 Å². The number of ether oxygens (including phenoxy) is 2. The molecule has 0 fully saturated rings. The van der Waals surface area contributed by atoms with Crippen molar-refractivity contribution >= 4 is 21.5 Å². The first kappa shape index (κ1) is 25.9. The fourth-order valence-corrected chi connectivity index (χ4v) is 4.96. The van der Waals surface area contributed by atoms with E-state index in [2.05, 4.69) is 114 Å². The Morgan fingerprint density at radius 1 is 0.526 bits per heavy atom. The molecule has 0 N–H and O–H groups in total. The van der Waals surface area contributed by atoms with Crippen molar-refractivity contribution < 1.29 is 9.47 Å². The molecule has 0 unspecified atom stereocenters. The van der Waals surface area contributed by atoms with Gasteiger partial charge in [0.1, 0.15) is 24.7 Å². The number of hydrogen-bond acceptors (Lipinski definition) is 2. The first-order valence-corrected chi connectivity index (χ1v) is 13.5. The Morgan fingerprint density at radius 3 is 1.63 bits per heavy atom. The first-order chi connectivity index (χ1) is 18.1. The number of hydrogen-bond donors (Lipinski definition) is 0. The average Bonchev–Trinajstić information content (AvgIpc) is 2.89. The van der Waals surface area contributed by atoms with Crippen LogP contribution in [-0.2, 0) is 24.0 Å². The lowest BCUT2D eigenvalue weighted by Crippen LogP contribution is -2.17. The quantitative estimate of drug-likeness (QED) is 0.215. The van der Waals surface area contributed by atoms with Crippen LogP contribution in [0.4, 0.5) is 0 Å². The highest BCUT2D eigenvalue weighted by Gasteiger charge is 2.24. The number of fused-ring (bicyclic) bond motifs is 3. The second-order valence-electron chi connectivity index (χ2n) is 12.3. The molecule has 5 rings (SSSR count). The van der Waals surface area contributed by atoms with E-state index in [9.17, 15) is 0 Å². The SMILES string of the molecule is CC(C)(C)c1cc(C(C)(C)C)c2c(ccc3cc(OCc4ccccc4)cc(OCc4ccccc4)c32)c1. The van der Waals surface area contributed by atoms with E-state index in [4.69, 9.17) is 9.47 Å². The highest BCUT2D eigenvalue weighted by molar-refractivity contribution is 6.13. The summed E-state index contributed by atoms with van der Waals surface area (Å²) in [6.45, 7) is 14.8. The Balaban J connectivity index is 1.70. The molecule has 0 aromatic heterocycles. The van der Waals surface area contributed by atoms with Gasteiger partial charge in [0.15, 0.2) is 0 Å². The predicted molar refractivity (Wildman–Crippen MR) is 160 cm³/mol. The van der Waals surface area contributed by atoms with Crippen LogP contribution in [0, 0.1) is 0 Å². The third-order valence-electron chi connectivity index (χ3n) is 7.13. The summed E-state index contributed by atoms with van der Waals surface area (Å²) in [4.78, 5) is 0. The zero-order chi connectivity index (χ0) is 26.9. The van der Waals surface area contributed by atoms with Crippen LogP contribution in [-0.4, -0.2) is 0 Å². The minimum atomic E-state index is -0.0347. The van der Waals surface area contributed by atoms with Crippen molar-refractivity contribution in [2.24, 2.45) is 0 Å². The van der Waals surface area contributed by atoms with Gasteiger partial charge in [-0.15, -0.1) is 0 Å². The van der Waals surface area contributed by atoms with E-state index in [0.717, 1.165) is 33.4 Å². The van der Waals surface area contributed by atoms with Gasteiger partial charge < -0.3 is 9.47 Å². The lowest BCUT2D eigenvalue weighted by molar-refractivity contribution is 0.293. The Bertz CT molecular complexity index is 1550. The Labute approximate surface area is 227 Å². The van der Waals surface area contributed by atoms with Crippen LogP contribution in [0.1, 0.15) is 63.8 Å². The van der Waals surface area contributed by atoms with Crippen molar-refractivity contribution in [3.8, 4) is 11.5 Å². The topological polar surface area (TPSA) is 18.5 Å². The Morgan fingerprint density at radius 2 is 1.08 bits per heavy atom. The zero-order valence-corrected chi connectivity index (χ0v) is 23.5. The fourth-order valence-electron chi connectivity index (χ4n) is 4.96. The summed E-state index contributed by atoms with van der Waals surface area (Å²) in [5, 5.41) is 4.79. The molecule has 0 aliphatic rings. The fraction of sp³-hybridized carbons (Fsp3) is 0.278. The molecular formula is C36H38O2. The maximum atomic E-state index is 6.59. The molecule has 0 aliphatic heterocycles. The Kier molecular flexibility index (Phi) is 6.92. The lowest BCUT2D eigenvalue weighted by atomic mass is 9.77. The molecule has 5 aromatic carbocycles. The van der Waals surface area contributed by atoms with E-state index in [-0.39, 0.29) is 10.8 Å². The van der Waals surface area contributed by atoms with Gasteiger partial charge in [-0.1, -0.05) is 126 Å². The van der Waals surface area contributed by atoms with E-state index >= 15 is 0 Å². The molecule has 0 saturated carbocycles. The molecule has 2 heteroatoms. The molecule has 0 bridgehead atoms. The van der Waals surface area contributed by atoms with Crippen molar-refractivity contribution in [1.29, 1.82) is 0 Å². The second-order valence-corrected chi connectivity index (χ2v) is 12.3. The van der Waals surface area contributed by atoms with E-state index in [0.29, 0.717) is 13.2 Å². The normalized spacial score (nSPS) is 12.2. The predicted octanol–water partition coefficient (Wildman–Crippen LogP) is 9.75. The van der Waals surface area contributed by atoms with Crippen molar-refractivity contribution in [2.75, 3.05) is 0 Å². The van der Waals surface area contributed by atoms with E-state index in [1.165, 1.54) is 21.9 Å². The van der Waals surface area contributed by atoms with Gasteiger partial charge in [-0.3, -0.25) is 0 Å². The summed E-state index contributed by atoms with van der Waals surface area (Å²) in [6.07, 6.45) is 0. The minimum Gasteiger partial charge on any atom is -0.489 e. The van der Waals surface area contributed by atoms with Gasteiger partial charge in [-0.25, -0.2) is 0 Å². The summed E-state index contributed by atoms with van der Waals surface area (Å²) in [5.41, 5.74) is 5.00. The van der Waals surface area contributed by atoms with Crippen LogP contribution in [0.3, 0.4) is 0 Å². The summed E-state index contributed by atoms with van der Waals surface area (Å²) < 4.78 is 12.9. The molecule has 2 nitrogen and oxygen atoms in total. The monoisotopic (exact) mass is 502 g/mol. The largest absolute Gasteiger partial charge is 0.489 e. The van der Waals surface area contributed by atoms with Gasteiger partial charge in [-0.05, 0) is 55.3 Å². The lowest BCUT2D eigenvalue weighted by Gasteiger charge is -2.28. The summed E-state index contributed by atoms with van der Waals surface area (Å²) in [5.74, 6) is 1.67.